The van der Waals surface area contributed by atoms with Gasteiger partial charge in [-0.2, -0.15) is 13.2 Å². The lowest BCUT2D eigenvalue weighted by Crippen LogP contribution is -2.36. The van der Waals surface area contributed by atoms with Crippen LogP contribution in [0, 0.1) is 5.82 Å². The minimum atomic E-state index is -4.41. The molecule has 0 aliphatic heterocycles. The number of halogens is 4. The highest BCUT2D eigenvalue weighted by atomic mass is 32.2. The molecule has 0 fully saturated rings. The van der Waals surface area contributed by atoms with Crippen LogP contribution in [0.4, 0.5) is 17.6 Å². The van der Waals surface area contributed by atoms with Gasteiger partial charge in [0.1, 0.15) is 12.1 Å². The molecule has 0 atom stereocenters. The van der Waals surface area contributed by atoms with E-state index in [2.05, 4.69) is 15.3 Å². The van der Waals surface area contributed by atoms with E-state index in [9.17, 15) is 22.4 Å². The highest BCUT2D eigenvalue weighted by molar-refractivity contribution is 7.97. The van der Waals surface area contributed by atoms with Gasteiger partial charge in [-0.25, -0.2) is 18.7 Å². The summed E-state index contributed by atoms with van der Waals surface area (Å²) in [5.74, 6) is -0.594. The van der Waals surface area contributed by atoms with Crippen molar-refractivity contribution in [1.29, 1.82) is 0 Å². The van der Waals surface area contributed by atoms with Crippen molar-refractivity contribution < 1.29 is 22.4 Å². The lowest BCUT2D eigenvalue weighted by Gasteiger charge is -2.24. The number of nitrogens with one attached hydrogen (secondary N) is 1. The Morgan fingerprint density at radius 1 is 1.09 bits per heavy atom. The first kappa shape index (κ1) is 24.7. The first-order valence-corrected chi connectivity index (χ1v) is 10.8. The van der Waals surface area contributed by atoms with E-state index in [0.29, 0.717) is 21.8 Å². The zero-order valence-electron chi connectivity index (χ0n) is 17.9. The number of benzene rings is 2. The van der Waals surface area contributed by atoms with Crippen LogP contribution < -0.4 is 5.32 Å². The predicted molar refractivity (Wildman–Crippen MR) is 118 cm³/mol. The number of rotatable bonds is 8. The summed E-state index contributed by atoms with van der Waals surface area (Å²) in [6, 6.07) is 12.5. The van der Waals surface area contributed by atoms with Gasteiger partial charge in [-0.1, -0.05) is 18.2 Å². The summed E-state index contributed by atoms with van der Waals surface area (Å²) in [7, 11) is 0. The fraction of sp³-hybridized carbons (Fsp3) is 0.261. The Kier molecular flexibility index (Phi) is 8.04. The zero-order valence-corrected chi connectivity index (χ0v) is 18.8. The van der Waals surface area contributed by atoms with Crippen LogP contribution in [-0.2, 0) is 17.5 Å². The zero-order chi connectivity index (χ0) is 24.0. The molecule has 3 rings (SSSR count). The molecule has 0 aliphatic rings. The number of hydrogen-bond acceptors (Lipinski definition) is 5. The van der Waals surface area contributed by atoms with Crippen molar-refractivity contribution in [3.63, 3.8) is 0 Å². The minimum Gasteiger partial charge on any atom is -0.349 e. The predicted octanol–water partition coefficient (Wildman–Crippen LogP) is 5.34. The van der Waals surface area contributed by atoms with Gasteiger partial charge in [0.2, 0.25) is 5.91 Å². The molecule has 2 aromatic carbocycles. The first-order valence-electron chi connectivity index (χ1n) is 10.1. The molecule has 0 bridgehead atoms. The molecule has 0 aliphatic carbocycles. The maximum atomic E-state index is 13.4. The van der Waals surface area contributed by atoms with Crippen LogP contribution in [0.3, 0.4) is 0 Å². The van der Waals surface area contributed by atoms with Crippen LogP contribution in [-0.4, -0.2) is 32.8 Å². The Balaban J connectivity index is 1.60. The maximum Gasteiger partial charge on any atom is 0.416 e. The fourth-order valence-corrected chi connectivity index (χ4v) is 3.82. The van der Waals surface area contributed by atoms with Gasteiger partial charge in [0.05, 0.1) is 30.0 Å². The van der Waals surface area contributed by atoms with E-state index in [1.54, 1.807) is 18.2 Å². The molecule has 0 saturated carbocycles. The molecule has 0 radical (unpaired) electrons. The third-order valence-electron chi connectivity index (χ3n) is 4.59. The van der Waals surface area contributed by atoms with Gasteiger partial charge in [0, 0.05) is 16.5 Å². The van der Waals surface area contributed by atoms with Crippen molar-refractivity contribution in [2.75, 3.05) is 6.54 Å². The van der Waals surface area contributed by atoms with Gasteiger partial charge in [-0.3, -0.25) is 4.79 Å². The second-order valence-electron chi connectivity index (χ2n) is 7.46. The van der Waals surface area contributed by atoms with Gasteiger partial charge in [0.15, 0.2) is 0 Å². The van der Waals surface area contributed by atoms with E-state index in [1.165, 1.54) is 42.5 Å². The maximum absolute atomic E-state index is 13.4. The largest absolute Gasteiger partial charge is 0.416 e. The number of carbonyl (C=O) groups is 1. The monoisotopic (exact) mass is 478 g/mol. The van der Waals surface area contributed by atoms with Gasteiger partial charge < -0.3 is 5.32 Å². The van der Waals surface area contributed by atoms with Crippen LogP contribution in [0.15, 0.2) is 65.8 Å². The second-order valence-corrected chi connectivity index (χ2v) is 8.59. The summed E-state index contributed by atoms with van der Waals surface area (Å²) in [5.41, 5.74) is 0.740. The SMILES string of the molecule is CC(C)N(CC(=O)NCc1cc(-c2ccc(C(F)(F)F)cc2)ncn1)Sc1cccc(F)c1. The molecule has 0 saturated heterocycles. The Hall–Kier alpha value is -2.98. The average Bonchev–Trinajstić information content (AvgIpc) is 2.77. The molecule has 5 nitrogen and oxygen atoms in total. The van der Waals surface area contributed by atoms with Crippen LogP contribution >= 0.6 is 11.9 Å². The molecule has 1 aromatic heterocycles. The van der Waals surface area contributed by atoms with E-state index < -0.39 is 11.7 Å². The van der Waals surface area contributed by atoms with Crippen molar-refractivity contribution in [1.82, 2.24) is 19.6 Å². The normalized spacial score (nSPS) is 11.8. The third kappa shape index (κ3) is 7.26. The molecule has 3 aromatic rings. The smallest absolute Gasteiger partial charge is 0.349 e. The summed E-state index contributed by atoms with van der Waals surface area (Å²) >= 11 is 1.29. The Labute approximate surface area is 193 Å². The van der Waals surface area contributed by atoms with Gasteiger partial charge in [-0.15, -0.1) is 0 Å². The number of alkyl halides is 3. The number of aromatic nitrogens is 2. The van der Waals surface area contributed by atoms with Crippen LogP contribution in [0.1, 0.15) is 25.1 Å². The summed E-state index contributed by atoms with van der Waals surface area (Å²) in [5, 5.41) is 2.78. The molecule has 1 N–H and O–H groups in total. The molecule has 1 heterocycles. The van der Waals surface area contributed by atoms with E-state index in [-0.39, 0.29) is 30.9 Å². The standard InChI is InChI=1S/C23H22F4N4OS/c1-15(2)31(33-20-5-3-4-18(24)10-20)13-22(32)28-12-19-11-21(30-14-29-19)16-6-8-17(9-7-16)23(25,26)27/h3-11,14-15H,12-13H2,1-2H3,(H,28,32). The lowest BCUT2D eigenvalue weighted by atomic mass is 10.1. The van der Waals surface area contributed by atoms with E-state index in [0.717, 1.165) is 12.1 Å². The van der Waals surface area contributed by atoms with Crippen molar-refractivity contribution in [2.45, 2.75) is 37.5 Å². The summed E-state index contributed by atoms with van der Waals surface area (Å²) in [6.07, 6.45) is -3.11. The number of amides is 1. The van der Waals surface area contributed by atoms with E-state index in [1.807, 2.05) is 18.2 Å². The van der Waals surface area contributed by atoms with Crippen molar-refractivity contribution in [3.05, 3.63) is 78.0 Å². The molecule has 1 amide bonds. The van der Waals surface area contributed by atoms with E-state index in [4.69, 9.17) is 0 Å². The summed E-state index contributed by atoms with van der Waals surface area (Å²) in [4.78, 5) is 21.4. The fourth-order valence-electron chi connectivity index (χ4n) is 2.85. The topological polar surface area (TPSA) is 58.1 Å². The second kappa shape index (κ2) is 10.8. The Morgan fingerprint density at radius 2 is 1.82 bits per heavy atom. The Bertz CT molecular complexity index is 1090. The summed E-state index contributed by atoms with van der Waals surface area (Å²) < 4.78 is 53.5. The number of carbonyl (C=O) groups excluding carboxylic acids is 1. The van der Waals surface area contributed by atoms with Crippen molar-refractivity contribution in [2.24, 2.45) is 0 Å². The minimum absolute atomic E-state index is 0.0225. The molecular formula is C23H22F4N4OS. The van der Waals surface area contributed by atoms with Crippen LogP contribution in [0.5, 0.6) is 0 Å². The highest BCUT2D eigenvalue weighted by Crippen LogP contribution is 2.30. The molecule has 33 heavy (non-hydrogen) atoms. The third-order valence-corrected chi connectivity index (χ3v) is 5.84. The molecule has 174 valence electrons. The molecule has 0 spiro atoms. The first-order chi connectivity index (χ1) is 15.6. The van der Waals surface area contributed by atoms with Gasteiger partial charge in [0.25, 0.3) is 0 Å². The quantitative estimate of drug-likeness (QED) is 0.350. The molecular weight excluding hydrogens is 456 g/mol. The summed E-state index contributed by atoms with van der Waals surface area (Å²) in [6.45, 7) is 4.07. The highest BCUT2D eigenvalue weighted by Gasteiger charge is 2.30. The van der Waals surface area contributed by atoms with Crippen LogP contribution in [0.25, 0.3) is 11.3 Å². The van der Waals surface area contributed by atoms with Crippen molar-refractivity contribution in [3.8, 4) is 11.3 Å². The van der Waals surface area contributed by atoms with Crippen LogP contribution in [0.2, 0.25) is 0 Å². The molecule has 10 heteroatoms. The van der Waals surface area contributed by atoms with E-state index >= 15 is 0 Å². The number of hydrogen-bond donors (Lipinski definition) is 1. The van der Waals surface area contributed by atoms with Crippen molar-refractivity contribution >= 4 is 17.9 Å². The van der Waals surface area contributed by atoms with Gasteiger partial charge >= 0.3 is 6.18 Å². The number of nitrogens with zero attached hydrogens (tertiary/aromatic N) is 3. The Morgan fingerprint density at radius 3 is 2.45 bits per heavy atom. The lowest BCUT2D eigenvalue weighted by molar-refractivity contribution is -0.137. The average molecular weight is 479 g/mol. The molecule has 0 unspecified atom stereocenters. The van der Waals surface area contributed by atoms with Gasteiger partial charge in [-0.05, 0) is 62.2 Å².